The van der Waals surface area contributed by atoms with Gasteiger partial charge in [0.15, 0.2) is 0 Å². The summed E-state index contributed by atoms with van der Waals surface area (Å²) in [5, 5.41) is 3.46. The third-order valence-electron chi connectivity index (χ3n) is 3.12. The van der Waals surface area contributed by atoms with Gasteiger partial charge < -0.3 is 5.32 Å². The van der Waals surface area contributed by atoms with Crippen LogP contribution in [0.4, 0.5) is 5.69 Å². The maximum Gasteiger partial charge on any atom is 0.0488 e. The quantitative estimate of drug-likeness (QED) is 0.760. The van der Waals surface area contributed by atoms with E-state index in [0.29, 0.717) is 0 Å². The number of nitrogens with one attached hydrogen (secondary N) is 1. The number of anilines is 1. The van der Waals surface area contributed by atoms with Crippen molar-refractivity contribution in [3.05, 3.63) is 62.0 Å². The Morgan fingerprint density at radius 2 is 1.83 bits per heavy atom. The molecule has 94 valence electrons. The molecule has 0 aromatic heterocycles. The molecule has 1 N–H and O–H groups in total. The van der Waals surface area contributed by atoms with Gasteiger partial charge in [0, 0.05) is 21.2 Å². The fourth-order valence-corrected chi connectivity index (χ4v) is 3.01. The third-order valence-corrected chi connectivity index (χ3v) is 4.27. The molecule has 0 saturated carbocycles. The van der Waals surface area contributed by atoms with Crippen molar-refractivity contribution in [2.45, 2.75) is 20.4 Å². The van der Waals surface area contributed by atoms with Crippen LogP contribution in [0, 0.1) is 13.8 Å². The lowest BCUT2D eigenvalue weighted by molar-refractivity contribution is 1.10. The van der Waals surface area contributed by atoms with E-state index in [1.165, 1.54) is 16.7 Å². The van der Waals surface area contributed by atoms with Crippen molar-refractivity contribution in [1.82, 2.24) is 0 Å². The van der Waals surface area contributed by atoms with E-state index >= 15 is 0 Å². The Bertz CT molecular complexity index is 564. The number of benzene rings is 2. The fraction of sp³-hybridized carbons (Fsp3) is 0.200. The van der Waals surface area contributed by atoms with Crippen LogP contribution in [0.5, 0.6) is 0 Å². The Balaban J connectivity index is 2.14. The van der Waals surface area contributed by atoms with E-state index < -0.39 is 0 Å². The molecule has 0 unspecified atom stereocenters. The number of halogens is 2. The Labute approximate surface area is 125 Å². The van der Waals surface area contributed by atoms with Crippen LogP contribution in [0.25, 0.3) is 0 Å². The summed E-state index contributed by atoms with van der Waals surface area (Å²) in [4.78, 5) is 0. The minimum absolute atomic E-state index is 0.841. The Hall–Kier alpha value is -0.800. The van der Waals surface area contributed by atoms with Crippen molar-refractivity contribution in [1.29, 1.82) is 0 Å². The van der Waals surface area contributed by atoms with Gasteiger partial charge in [-0.05, 0) is 64.7 Å². The highest BCUT2D eigenvalue weighted by atomic mass is 79.9. The second-order valence-electron chi connectivity index (χ2n) is 4.34. The highest BCUT2D eigenvalue weighted by Gasteiger charge is 2.03. The van der Waals surface area contributed by atoms with Crippen LogP contribution in [0.3, 0.4) is 0 Å². The van der Waals surface area contributed by atoms with Crippen molar-refractivity contribution < 1.29 is 0 Å². The van der Waals surface area contributed by atoms with Crippen LogP contribution in [0.15, 0.2) is 45.3 Å². The predicted octanol–water partition coefficient (Wildman–Crippen LogP) is 5.44. The largest absolute Gasteiger partial charge is 0.380 e. The molecule has 0 spiro atoms. The third kappa shape index (κ3) is 3.15. The predicted molar refractivity (Wildman–Crippen MR) is 85.1 cm³/mol. The van der Waals surface area contributed by atoms with Crippen LogP contribution >= 0.6 is 31.9 Å². The Morgan fingerprint density at radius 3 is 2.56 bits per heavy atom. The number of hydrogen-bond acceptors (Lipinski definition) is 1. The number of aryl methyl sites for hydroxylation is 1. The van der Waals surface area contributed by atoms with Crippen LogP contribution in [-0.2, 0) is 6.54 Å². The summed E-state index contributed by atoms with van der Waals surface area (Å²) in [7, 11) is 0. The first-order valence-corrected chi connectivity index (χ1v) is 7.40. The van der Waals surface area contributed by atoms with Crippen molar-refractivity contribution in [2.24, 2.45) is 0 Å². The highest BCUT2D eigenvalue weighted by Crippen LogP contribution is 2.27. The summed E-state index contributed by atoms with van der Waals surface area (Å²) in [6.45, 7) is 5.16. The SMILES string of the molecule is Cc1cccc(CNc2ccc(Br)cc2Br)c1C. The van der Waals surface area contributed by atoms with Gasteiger partial charge in [-0.15, -0.1) is 0 Å². The van der Waals surface area contributed by atoms with Crippen LogP contribution in [-0.4, -0.2) is 0 Å². The lowest BCUT2D eigenvalue weighted by Gasteiger charge is -2.12. The molecule has 18 heavy (non-hydrogen) atoms. The van der Waals surface area contributed by atoms with Gasteiger partial charge in [-0.3, -0.25) is 0 Å². The molecule has 1 nitrogen and oxygen atoms in total. The summed E-state index contributed by atoms with van der Waals surface area (Å²) in [6.07, 6.45) is 0. The number of hydrogen-bond donors (Lipinski definition) is 1. The first-order chi connectivity index (χ1) is 8.58. The normalized spacial score (nSPS) is 10.4. The van der Waals surface area contributed by atoms with E-state index in [9.17, 15) is 0 Å². The minimum Gasteiger partial charge on any atom is -0.380 e. The highest BCUT2D eigenvalue weighted by molar-refractivity contribution is 9.11. The summed E-state index contributed by atoms with van der Waals surface area (Å²) in [6, 6.07) is 12.6. The van der Waals surface area contributed by atoms with E-state index in [2.05, 4.69) is 75.3 Å². The van der Waals surface area contributed by atoms with Crippen molar-refractivity contribution in [3.63, 3.8) is 0 Å². The van der Waals surface area contributed by atoms with Gasteiger partial charge in [0.2, 0.25) is 0 Å². The van der Waals surface area contributed by atoms with Crippen LogP contribution < -0.4 is 5.32 Å². The van der Waals surface area contributed by atoms with Crippen LogP contribution in [0.1, 0.15) is 16.7 Å². The molecule has 2 aromatic carbocycles. The van der Waals surface area contributed by atoms with E-state index in [-0.39, 0.29) is 0 Å². The first-order valence-electron chi connectivity index (χ1n) is 5.82. The molecule has 0 radical (unpaired) electrons. The molecule has 0 saturated heterocycles. The smallest absolute Gasteiger partial charge is 0.0488 e. The molecule has 2 aromatic rings. The second kappa shape index (κ2) is 5.89. The standard InChI is InChI=1S/C15H15Br2N/c1-10-4-3-5-12(11(10)2)9-18-15-7-6-13(16)8-14(15)17/h3-8,18H,9H2,1-2H3. The van der Waals surface area contributed by atoms with Gasteiger partial charge in [-0.1, -0.05) is 34.1 Å². The first kappa shape index (κ1) is 13.6. The minimum atomic E-state index is 0.841. The van der Waals surface area contributed by atoms with Crippen molar-refractivity contribution in [3.8, 4) is 0 Å². The van der Waals surface area contributed by atoms with Gasteiger partial charge in [0.05, 0.1) is 0 Å². The molecule has 0 aliphatic heterocycles. The molecule has 0 aliphatic rings. The van der Waals surface area contributed by atoms with Crippen molar-refractivity contribution >= 4 is 37.5 Å². The fourth-order valence-electron chi connectivity index (χ4n) is 1.83. The topological polar surface area (TPSA) is 12.0 Å². The lowest BCUT2D eigenvalue weighted by atomic mass is 10.0. The van der Waals surface area contributed by atoms with Gasteiger partial charge in [-0.2, -0.15) is 0 Å². The zero-order chi connectivity index (χ0) is 13.1. The average molecular weight is 369 g/mol. The molecular formula is C15H15Br2N. The molecular weight excluding hydrogens is 354 g/mol. The average Bonchev–Trinajstić information content (AvgIpc) is 2.33. The summed E-state index contributed by atoms with van der Waals surface area (Å²) >= 11 is 7.02. The lowest BCUT2D eigenvalue weighted by Crippen LogP contribution is -2.02. The van der Waals surface area contributed by atoms with E-state index in [1.54, 1.807) is 0 Å². The van der Waals surface area contributed by atoms with Crippen molar-refractivity contribution in [2.75, 3.05) is 5.32 Å². The monoisotopic (exact) mass is 367 g/mol. The Kier molecular flexibility index (Phi) is 4.46. The summed E-state index contributed by atoms with van der Waals surface area (Å²) < 4.78 is 2.15. The maximum atomic E-state index is 3.56. The molecule has 0 bridgehead atoms. The van der Waals surface area contributed by atoms with Gasteiger partial charge >= 0.3 is 0 Å². The zero-order valence-corrected chi connectivity index (χ0v) is 13.6. The summed E-state index contributed by atoms with van der Waals surface area (Å²) in [5.74, 6) is 0. The maximum absolute atomic E-state index is 3.56. The Morgan fingerprint density at radius 1 is 1.06 bits per heavy atom. The van der Waals surface area contributed by atoms with E-state index in [4.69, 9.17) is 0 Å². The van der Waals surface area contributed by atoms with E-state index in [1.807, 2.05) is 12.1 Å². The number of rotatable bonds is 3. The van der Waals surface area contributed by atoms with Gasteiger partial charge in [0.25, 0.3) is 0 Å². The molecule has 0 amide bonds. The second-order valence-corrected chi connectivity index (χ2v) is 6.11. The van der Waals surface area contributed by atoms with Gasteiger partial charge in [-0.25, -0.2) is 0 Å². The molecule has 0 atom stereocenters. The van der Waals surface area contributed by atoms with E-state index in [0.717, 1.165) is 21.2 Å². The zero-order valence-electron chi connectivity index (χ0n) is 10.4. The molecule has 0 heterocycles. The molecule has 0 aliphatic carbocycles. The van der Waals surface area contributed by atoms with Crippen LogP contribution in [0.2, 0.25) is 0 Å². The molecule has 0 fully saturated rings. The molecule has 3 heteroatoms. The van der Waals surface area contributed by atoms with Gasteiger partial charge in [0.1, 0.15) is 0 Å². The summed E-state index contributed by atoms with van der Waals surface area (Å²) in [5.41, 5.74) is 5.14. The molecule has 2 rings (SSSR count).